The van der Waals surface area contributed by atoms with Gasteiger partial charge in [0.25, 0.3) is 0 Å². The molecule has 1 saturated carbocycles. The number of hydrogen-bond donors (Lipinski definition) is 0. The first-order chi connectivity index (χ1) is 7.72. The van der Waals surface area contributed by atoms with Gasteiger partial charge in [0.15, 0.2) is 0 Å². The van der Waals surface area contributed by atoms with Crippen LogP contribution in [0.4, 0.5) is 5.82 Å². The first-order valence-electron chi connectivity index (χ1n) is 5.48. The minimum Gasteiger partial charge on any atom is -0.353 e. The van der Waals surface area contributed by atoms with Gasteiger partial charge in [-0.25, -0.2) is 4.98 Å². The van der Waals surface area contributed by atoms with Gasteiger partial charge < -0.3 is 4.90 Å². The number of rotatable bonds is 4. The molecule has 0 saturated heterocycles. The van der Waals surface area contributed by atoms with Crippen LogP contribution in [0.1, 0.15) is 24.8 Å². The zero-order valence-corrected chi connectivity index (χ0v) is 10.9. The topological polar surface area (TPSA) is 39.9 Å². The van der Waals surface area contributed by atoms with Crippen LogP contribution < -0.4 is 4.90 Å². The van der Waals surface area contributed by atoms with Gasteiger partial charge in [0, 0.05) is 23.3 Å². The van der Waals surface area contributed by atoms with Crippen molar-refractivity contribution < 1.29 is 0 Å². The van der Waals surface area contributed by atoms with E-state index in [-0.39, 0.29) is 0 Å². The van der Waals surface area contributed by atoms with Crippen molar-refractivity contribution in [1.82, 2.24) is 4.98 Å². The van der Waals surface area contributed by atoms with Crippen molar-refractivity contribution in [3.05, 3.63) is 22.3 Å². The molecule has 0 unspecified atom stereocenters. The van der Waals surface area contributed by atoms with E-state index >= 15 is 0 Å². The second-order valence-electron chi connectivity index (χ2n) is 4.12. The maximum Gasteiger partial charge on any atom is 0.129 e. The Morgan fingerprint density at radius 3 is 2.94 bits per heavy atom. The average Bonchev–Trinajstić information content (AvgIpc) is 3.08. The van der Waals surface area contributed by atoms with E-state index in [4.69, 9.17) is 5.26 Å². The van der Waals surface area contributed by atoms with Crippen molar-refractivity contribution in [1.29, 1.82) is 5.26 Å². The first kappa shape index (κ1) is 11.4. The molecule has 0 spiro atoms. The zero-order valence-electron chi connectivity index (χ0n) is 9.28. The number of pyridine rings is 1. The molecule has 0 aliphatic heterocycles. The van der Waals surface area contributed by atoms with E-state index in [2.05, 4.69) is 44.9 Å². The highest BCUT2D eigenvalue weighted by atomic mass is 79.9. The summed E-state index contributed by atoms with van der Waals surface area (Å²) >= 11 is 3.45. The monoisotopic (exact) mass is 279 g/mol. The Morgan fingerprint density at radius 2 is 2.38 bits per heavy atom. The van der Waals surface area contributed by atoms with E-state index in [0.717, 1.165) is 16.8 Å². The normalized spacial score (nSPS) is 14.6. The highest BCUT2D eigenvalue weighted by Gasteiger charge is 2.29. The van der Waals surface area contributed by atoms with Crippen LogP contribution in [-0.2, 0) is 0 Å². The van der Waals surface area contributed by atoms with Crippen molar-refractivity contribution in [2.45, 2.75) is 32.2 Å². The predicted molar refractivity (Wildman–Crippen MR) is 67.3 cm³/mol. The molecule has 3 nitrogen and oxygen atoms in total. The van der Waals surface area contributed by atoms with Crippen molar-refractivity contribution in [3.8, 4) is 6.07 Å². The number of aryl methyl sites for hydroxylation is 1. The van der Waals surface area contributed by atoms with Gasteiger partial charge in [-0.2, -0.15) is 5.26 Å². The first-order valence-corrected chi connectivity index (χ1v) is 6.27. The predicted octanol–water partition coefficient (Wildman–Crippen LogP) is 3.04. The molecule has 0 radical (unpaired) electrons. The second-order valence-corrected chi connectivity index (χ2v) is 4.98. The van der Waals surface area contributed by atoms with Gasteiger partial charge in [-0.3, -0.25) is 0 Å². The van der Waals surface area contributed by atoms with Crippen molar-refractivity contribution in [3.63, 3.8) is 0 Å². The van der Waals surface area contributed by atoms with E-state index in [0.29, 0.717) is 12.5 Å². The van der Waals surface area contributed by atoms with E-state index < -0.39 is 0 Å². The van der Waals surface area contributed by atoms with Crippen LogP contribution in [0, 0.1) is 18.3 Å². The summed E-state index contributed by atoms with van der Waals surface area (Å²) in [6, 6.07) is 4.88. The van der Waals surface area contributed by atoms with Crippen LogP contribution in [0.15, 0.2) is 16.7 Å². The Balaban J connectivity index is 2.18. The highest BCUT2D eigenvalue weighted by Crippen LogP contribution is 2.31. The lowest BCUT2D eigenvalue weighted by molar-refractivity contribution is 0.777. The number of nitriles is 1. The van der Waals surface area contributed by atoms with Crippen molar-refractivity contribution in [2.75, 3.05) is 11.4 Å². The molecule has 1 aromatic heterocycles. The average molecular weight is 280 g/mol. The molecule has 0 amide bonds. The highest BCUT2D eigenvalue weighted by molar-refractivity contribution is 9.10. The molecule has 16 heavy (non-hydrogen) atoms. The molecule has 1 aliphatic rings. The minimum atomic E-state index is 0.563. The van der Waals surface area contributed by atoms with E-state index in [1.54, 1.807) is 0 Å². The Morgan fingerprint density at radius 1 is 1.62 bits per heavy atom. The number of anilines is 1. The number of aromatic nitrogens is 1. The lowest BCUT2D eigenvalue weighted by atomic mass is 10.2. The molecule has 1 aromatic rings. The van der Waals surface area contributed by atoms with Gasteiger partial charge in [-0.05, 0) is 47.3 Å². The van der Waals surface area contributed by atoms with Crippen LogP contribution in [0.25, 0.3) is 0 Å². The summed E-state index contributed by atoms with van der Waals surface area (Å²) in [5.74, 6) is 0.999. The smallest absolute Gasteiger partial charge is 0.129 e. The van der Waals surface area contributed by atoms with Crippen LogP contribution >= 0.6 is 15.9 Å². The summed E-state index contributed by atoms with van der Waals surface area (Å²) in [5.41, 5.74) is 1.19. The third-order valence-corrected chi connectivity index (χ3v) is 3.61. The van der Waals surface area contributed by atoms with Crippen molar-refractivity contribution >= 4 is 21.7 Å². The van der Waals surface area contributed by atoms with Gasteiger partial charge >= 0.3 is 0 Å². The third kappa shape index (κ3) is 2.53. The fourth-order valence-electron chi connectivity index (χ4n) is 1.72. The molecule has 4 heteroatoms. The molecule has 0 bridgehead atoms. The molecule has 0 atom stereocenters. The maximum atomic E-state index is 8.66. The Hall–Kier alpha value is -1.08. The number of halogens is 1. The third-order valence-electron chi connectivity index (χ3n) is 2.78. The van der Waals surface area contributed by atoms with Gasteiger partial charge in [0.1, 0.15) is 5.82 Å². The van der Waals surface area contributed by atoms with Crippen LogP contribution in [0.5, 0.6) is 0 Å². The molecular weight excluding hydrogens is 266 g/mol. The Bertz CT molecular complexity index is 421. The quantitative estimate of drug-likeness (QED) is 0.851. The Kier molecular flexibility index (Phi) is 3.45. The summed E-state index contributed by atoms with van der Waals surface area (Å²) in [4.78, 5) is 6.68. The zero-order chi connectivity index (χ0) is 11.5. The van der Waals surface area contributed by atoms with Crippen LogP contribution in [0.3, 0.4) is 0 Å². The number of nitrogens with zero attached hydrogens (tertiary/aromatic N) is 3. The van der Waals surface area contributed by atoms with Gasteiger partial charge in [0.2, 0.25) is 0 Å². The fourth-order valence-corrected chi connectivity index (χ4v) is 1.94. The molecule has 1 heterocycles. The second kappa shape index (κ2) is 4.84. The molecule has 0 aromatic carbocycles. The lowest BCUT2D eigenvalue weighted by Gasteiger charge is -2.22. The molecular formula is C12H14BrN3. The SMILES string of the molecule is Cc1cc(N(CCC#N)C2CC2)ncc1Br. The fraction of sp³-hybridized carbons (Fsp3) is 0.500. The van der Waals surface area contributed by atoms with Gasteiger partial charge in [0.05, 0.1) is 12.5 Å². The van der Waals surface area contributed by atoms with E-state index in [9.17, 15) is 0 Å². The largest absolute Gasteiger partial charge is 0.353 e. The number of hydrogen-bond acceptors (Lipinski definition) is 3. The van der Waals surface area contributed by atoms with Gasteiger partial charge in [-0.1, -0.05) is 0 Å². The molecule has 84 valence electrons. The maximum absolute atomic E-state index is 8.66. The van der Waals surface area contributed by atoms with Crippen LogP contribution in [0.2, 0.25) is 0 Å². The minimum absolute atomic E-state index is 0.563. The standard InChI is InChI=1S/C12H14BrN3/c1-9-7-12(15-8-11(9)13)16(6-2-5-14)10-3-4-10/h7-8,10H,2-4,6H2,1H3. The van der Waals surface area contributed by atoms with E-state index in [1.165, 1.54) is 18.4 Å². The summed E-state index contributed by atoms with van der Waals surface area (Å²) in [6.07, 6.45) is 4.85. The molecule has 2 rings (SSSR count). The summed E-state index contributed by atoms with van der Waals surface area (Å²) in [5, 5.41) is 8.66. The molecule has 1 fully saturated rings. The summed E-state index contributed by atoms with van der Waals surface area (Å²) < 4.78 is 1.03. The molecule has 1 aliphatic carbocycles. The van der Waals surface area contributed by atoms with Crippen molar-refractivity contribution in [2.24, 2.45) is 0 Å². The molecule has 0 N–H and O–H groups in total. The van der Waals surface area contributed by atoms with Crippen LogP contribution in [-0.4, -0.2) is 17.6 Å². The summed E-state index contributed by atoms with van der Waals surface area (Å²) in [7, 11) is 0. The lowest BCUT2D eigenvalue weighted by Crippen LogP contribution is -2.27. The van der Waals surface area contributed by atoms with E-state index in [1.807, 2.05) is 6.20 Å². The summed E-state index contributed by atoms with van der Waals surface area (Å²) in [6.45, 7) is 2.85. The van der Waals surface area contributed by atoms with Gasteiger partial charge in [-0.15, -0.1) is 0 Å². The Labute approximate surface area is 104 Å².